The van der Waals surface area contributed by atoms with Gasteiger partial charge in [0.25, 0.3) is 0 Å². The zero-order chi connectivity index (χ0) is 16.6. The Morgan fingerprint density at radius 1 is 1.39 bits per heavy atom. The summed E-state index contributed by atoms with van der Waals surface area (Å²) >= 11 is 0. The number of nitriles is 1. The molecule has 7 nitrogen and oxygen atoms in total. The summed E-state index contributed by atoms with van der Waals surface area (Å²) in [4.78, 5) is 10.5. The highest BCUT2D eigenvalue weighted by Gasteiger charge is 2.12. The molecule has 0 spiro atoms. The maximum Gasteiger partial charge on any atom is 0.511 e. The standard InChI is InChI=1S/C16H14N4O3/c1-10(2)19-8-11(6-17)14-5-12(3-4-15(14)19)20-9-13(7-18-20)23-16(21)22/h3-5,7-10H,1-2H3,(H,21,22). The van der Waals surface area contributed by atoms with Crippen molar-refractivity contribution in [3.05, 3.63) is 42.4 Å². The highest BCUT2D eigenvalue weighted by atomic mass is 16.7. The fourth-order valence-electron chi connectivity index (χ4n) is 2.50. The van der Waals surface area contributed by atoms with Crippen molar-refractivity contribution < 1.29 is 14.6 Å². The van der Waals surface area contributed by atoms with E-state index in [1.165, 1.54) is 17.1 Å². The van der Waals surface area contributed by atoms with Gasteiger partial charge in [0, 0.05) is 23.1 Å². The molecule has 0 fully saturated rings. The van der Waals surface area contributed by atoms with E-state index in [-0.39, 0.29) is 11.8 Å². The third kappa shape index (κ3) is 2.62. The van der Waals surface area contributed by atoms with Gasteiger partial charge >= 0.3 is 6.16 Å². The maximum atomic E-state index is 10.5. The van der Waals surface area contributed by atoms with Gasteiger partial charge < -0.3 is 14.4 Å². The van der Waals surface area contributed by atoms with Crippen LogP contribution in [-0.4, -0.2) is 25.6 Å². The highest BCUT2D eigenvalue weighted by Crippen LogP contribution is 2.27. The Balaban J connectivity index is 2.08. The van der Waals surface area contributed by atoms with Crippen LogP contribution in [0, 0.1) is 11.3 Å². The molecule has 1 aromatic carbocycles. The molecule has 0 bridgehead atoms. The van der Waals surface area contributed by atoms with Crippen molar-refractivity contribution in [2.75, 3.05) is 0 Å². The molecule has 0 amide bonds. The second-order valence-electron chi connectivity index (χ2n) is 5.35. The van der Waals surface area contributed by atoms with Crippen LogP contribution in [0.1, 0.15) is 25.5 Å². The second kappa shape index (κ2) is 5.50. The predicted octanol–water partition coefficient (Wildman–Crippen LogP) is 3.34. The summed E-state index contributed by atoms with van der Waals surface area (Å²) in [6, 6.07) is 8.08. The van der Waals surface area contributed by atoms with E-state index in [9.17, 15) is 10.1 Å². The third-order valence-corrected chi connectivity index (χ3v) is 3.52. The average Bonchev–Trinajstić information content (AvgIpc) is 3.10. The Morgan fingerprint density at radius 2 is 2.17 bits per heavy atom. The Bertz CT molecular complexity index is 931. The van der Waals surface area contributed by atoms with E-state index in [0.717, 1.165) is 16.6 Å². The largest absolute Gasteiger partial charge is 0.511 e. The molecule has 0 saturated carbocycles. The van der Waals surface area contributed by atoms with E-state index in [2.05, 4.69) is 29.8 Å². The lowest BCUT2D eigenvalue weighted by Gasteiger charge is -2.09. The molecule has 3 aromatic rings. The Kier molecular flexibility index (Phi) is 3.50. The molecule has 0 radical (unpaired) electrons. The van der Waals surface area contributed by atoms with Crippen LogP contribution in [0.15, 0.2) is 36.8 Å². The fourth-order valence-corrected chi connectivity index (χ4v) is 2.50. The first kappa shape index (κ1) is 14.7. The smallest absolute Gasteiger partial charge is 0.449 e. The molecule has 3 rings (SSSR count). The van der Waals surface area contributed by atoms with Gasteiger partial charge in [-0.25, -0.2) is 9.48 Å². The van der Waals surface area contributed by atoms with Crippen LogP contribution in [0.5, 0.6) is 5.75 Å². The van der Waals surface area contributed by atoms with Gasteiger partial charge in [0.1, 0.15) is 6.07 Å². The summed E-state index contributed by atoms with van der Waals surface area (Å²) in [6.07, 6.45) is 3.24. The first-order valence-electron chi connectivity index (χ1n) is 7.00. The van der Waals surface area contributed by atoms with Crippen LogP contribution in [0.2, 0.25) is 0 Å². The summed E-state index contributed by atoms with van der Waals surface area (Å²) in [7, 11) is 0. The number of hydrogen-bond acceptors (Lipinski definition) is 4. The minimum atomic E-state index is -1.39. The summed E-state index contributed by atoms with van der Waals surface area (Å²) in [5.41, 5.74) is 2.27. The van der Waals surface area contributed by atoms with E-state index in [1.54, 1.807) is 0 Å². The van der Waals surface area contributed by atoms with E-state index in [1.807, 2.05) is 29.0 Å². The number of nitrogens with zero attached hydrogens (tertiary/aromatic N) is 4. The third-order valence-electron chi connectivity index (χ3n) is 3.52. The molecular formula is C16H14N4O3. The highest BCUT2D eigenvalue weighted by molar-refractivity contribution is 5.88. The Hall–Kier alpha value is -3.27. The quantitative estimate of drug-likeness (QED) is 0.749. The van der Waals surface area contributed by atoms with E-state index < -0.39 is 6.16 Å². The number of hydrogen-bond donors (Lipinski definition) is 1. The fraction of sp³-hybridized carbons (Fsp3) is 0.188. The molecule has 2 aromatic heterocycles. The van der Waals surface area contributed by atoms with Gasteiger partial charge in [0.05, 0.1) is 23.6 Å². The van der Waals surface area contributed by atoms with Crippen molar-refractivity contribution in [3.63, 3.8) is 0 Å². The molecule has 0 aliphatic carbocycles. The number of fused-ring (bicyclic) bond motifs is 1. The number of ether oxygens (including phenoxy) is 1. The van der Waals surface area contributed by atoms with Crippen LogP contribution >= 0.6 is 0 Å². The molecular weight excluding hydrogens is 296 g/mol. The molecule has 0 aliphatic rings. The van der Waals surface area contributed by atoms with Crippen LogP contribution < -0.4 is 4.74 Å². The number of rotatable bonds is 3. The number of aromatic nitrogens is 3. The topological polar surface area (TPSA) is 93.1 Å². The van der Waals surface area contributed by atoms with Crippen LogP contribution in [0.4, 0.5) is 4.79 Å². The van der Waals surface area contributed by atoms with Crippen LogP contribution in [0.3, 0.4) is 0 Å². The van der Waals surface area contributed by atoms with E-state index in [4.69, 9.17) is 5.11 Å². The van der Waals surface area contributed by atoms with Gasteiger partial charge in [-0.15, -0.1) is 0 Å². The predicted molar refractivity (Wildman–Crippen MR) is 82.8 cm³/mol. The normalized spacial score (nSPS) is 10.9. The molecule has 0 saturated heterocycles. The lowest BCUT2D eigenvalue weighted by atomic mass is 10.1. The zero-order valence-corrected chi connectivity index (χ0v) is 12.6. The molecule has 0 atom stereocenters. The molecule has 7 heteroatoms. The Labute approximate surface area is 131 Å². The van der Waals surface area contributed by atoms with Crippen molar-refractivity contribution in [1.82, 2.24) is 14.3 Å². The van der Waals surface area contributed by atoms with E-state index in [0.29, 0.717) is 5.56 Å². The minimum absolute atomic E-state index is 0.137. The van der Waals surface area contributed by atoms with Gasteiger partial charge in [-0.05, 0) is 32.0 Å². The van der Waals surface area contributed by atoms with Gasteiger partial charge in [-0.1, -0.05) is 0 Å². The monoisotopic (exact) mass is 310 g/mol. The molecule has 2 heterocycles. The van der Waals surface area contributed by atoms with Crippen molar-refractivity contribution in [2.45, 2.75) is 19.9 Å². The van der Waals surface area contributed by atoms with Gasteiger partial charge in [-0.2, -0.15) is 10.4 Å². The summed E-state index contributed by atoms with van der Waals surface area (Å²) in [5, 5.41) is 22.8. The Morgan fingerprint density at radius 3 is 2.83 bits per heavy atom. The first-order valence-corrected chi connectivity index (χ1v) is 7.00. The van der Waals surface area contributed by atoms with Gasteiger partial charge in [-0.3, -0.25) is 0 Å². The number of benzene rings is 1. The lowest BCUT2D eigenvalue weighted by Crippen LogP contribution is -2.02. The second-order valence-corrected chi connectivity index (χ2v) is 5.35. The van der Waals surface area contributed by atoms with Gasteiger partial charge in [0.15, 0.2) is 5.75 Å². The minimum Gasteiger partial charge on any atom is -0.449 e. The van der Waals surface area contributed by atoms with Crippen molar-refractivity contribution in [2.24, 2.45) is 0 Å². The molecule has 0 unspecified atom stereocenters. The van der Waals surface area contributed by atoms with Crippen LogP contribution in [-0.2, 0) is 0 Å². The lowest BCUT2D eigenvalue weighted by molar-refractivity contribution is 0.144. The van der Waals surface area contributed by atoms with Crippen LogP contribution in [0.25, 0.3) is 16.6 Å². The first-order chi connectivity index (χ1) is 11.0. The van der Waals surface area contributed by atoms with Crippen molar-refractivity contribution in [1.29, 1.82) is 5.26 Å². The number of carbonyl (C=O) groups is 1. The molecule has 116 valence electrons. The number of carboxylic acid groups (broad SMARTS) is 1. The van der Waals surface area contributed by atoms with E-state index >= 15 is 0 Å². The summed E-state index contributed by atoms with van der Waals surface area (Å²) in [5.74, 6) is 0.137. The molecule has 0 aliphatic heterocycles. The SMILES string of the molecule is CC(C)n1cc(C#N)c2cc(-n3cc(OC(=O)O)cn3)ccc21. The van der Waals surface area contributed by atoms with Crippen molar-refractivity contribution in [3.8, 4) is 17.5 Å². The molecule has 1 N–H and O–H groups in total. The van der Waals surface area contributed by atoms with Crippen molar-refractivity contribution >= 4 is 17.1 Å². The maximum absolute atomic E-state index is 10.5. The summed E-state index contributed by atoms with van der Waals surface area (Å²) < 4.78 is 8.11. The van der Waals surface area contributed by atoms with Gasteiger partial charge in [0.2, 0.25) is 0 Å². The average molecular weight is 310 g/mol. The summed E-state index contributed by atoms with van der Waals surface area (Å²) in [6.45, 7) is 4.11. The zero-order valence-electron chi connectivity index (χ0n) is 12.6. The molecule has 23 heavy (non-hydrogen) atoms.